The lowest BCUT2D eigenvalue weighted by atomic mass is 9.89. The molecule has 3 heterocycles. The summed E-state index contributed by atoms with van der Waals surface area (Å²) in [4.78, 5) is 25.5. The first-order chi connectivity index (χ1) is 11.8. The Bertz CT molecular complexity index is 953. The summed E-state index contributed by atoms with van der Waals surface area (Å²) in [5, 5.41) is 3.88. The van der Waals surface area contributed by atoms with Gasteiger partial charge in [0.2, 0.25) is 0 Å². The number of fused-ring (bicyclic) bond motifs is 6. The quantitative estimate of drug-likeness (QED) is 0.721. The Hall–Kier alpha value is -2.43. The molecule has 3 aromatic rings. The Balaban J connectivity index is 1.81. The summed E-state index contributed by atoms with van der Waals surface area (Å²) < 4.78 is 0. The number of benzene rings is 1. The third-order valence-electron chi connectivity index (χ3n) is 5.51. The van der Waals surface area contributed by atoms with Gasteiger partial charge in [-0.05, 0) is 30.9 Å². The normalized spacial score (nSPS) is 18.8. The van der Waals surface area contributed by atoms with Gasteiger partial charge in [-0.15, -0.1) is 0 Å². The van der Waals surface area contributed by atoms with Gasteiger partial charge in [-0.25, -0.2) is 4.98 Å². The minimum absolute atomic E-state index is 0.00460. The van der Waals surface area contributed by atoms with E-state index in [2.05, 4.69) is 15.3 Å². The fraction of sp³-hybridized carbons (Fsp3) is 0.421. The van der Waals surface area contributed by atoms with Gasteiger partial charge in [-0.3, -0.25) is 9.78 Å². The van der Waals surface area contributed by atoms with Gasteiger partial charge >= 0.3 is 0 Å². The van der Waals surface area contributed by atoms with Gasteiger partial charge in [0, 0.05) is 24.0 Å². The number of nitrogens with one attached hydrogen (secondary N) is 2. The van der Waals surface area contributed by atoms with Crippen LogP contribution < -0.4 is 5.32 Å². The standard InChI is InChI=1S/C19H20N4O/c24-19-14-12-7-4-9-20-15(12)17-16(13(14)8-10-21-19)22-18(23-17)11-5-2-1-3-6-11/h4,7,9,11H,1-3,5-6,8,10H2,(H,21,24)(H,22,23). The highest BCUT2D eigenvalue weighted by molar-refractivity contribution is 6.16. The van der Waals surface area contributed by atoms with Crippen LogP contribution in [0.5, 0.6) is 0 Å². The third-order valence-corrected chi connectivity index (χ3v) is 5.51. The molecule has 1 fully saturated rings. The Labute approximate surface area is 139 Å². The molecule has 0 spiro atoms. The van der Waals surface area contributed by atoms with Crippen LogP contribution in [0.3, 0.4) is 0 Å². The largest absolute Gasteiger partial charge is 0.352 e. The van der Waals surface area contributed by atoms with E-state index in [0.29, 0.717) is 12.5 Å². The maximum atomic E-state index is 12.5. The van der Waals surface area contributed by atoms with Crippen LogP contribution in [0, 0.1) is 0 Å². The Morgan fingerprint density at radius 3 is 2.88 bits per heavy atom. The number of nitrogens with zero attached hydrogens (tertiary/aromatic N) is 2. The summed E-state index contributed by atoms with van der Waals surface area (Å²) >= 11 is 0. The van der Waals surface area contributed by atoms with E-state index < -0.39 is 0 Å². The average molecular weight is 320 g/mol. The number of carbonyl (C=O) groups excluding carboxylic acids is 1. The van der Waals surface area contributed by atoms with Crippen LogP contribution in [0.1, 0.15) is 59.8 Å². The van der Waals surface area contributed by atoms with E-state index in [1.807, 2.05) is 12.1 Å². The van der Waals surface area contributed by atoms with Gasteiger partial charge in [0.1, 0.15) is 11.3 Å². The molecule has 2 aliphatic rings. The maximum Gasteiger partial charge on any atom is 0.252 e. The van der Waals surface area contributed by atoms with Crippen molar-refractivity contribution in [3.63, 3.8) is 0 Å². The van der Waals surface area contributed by atoms with Crippen molar-refractivity contribution < 1.29 is 4.79 Å². The molecule has 0 bridgehead atoms. The van der Waals surface area contributed by atoms with E-state index in [4.69, 9.17) is 4.98 Å². The molecule has 2 aromatic heterocycles. The van der Waals surface area contributed by atoms with Crippen molar-refractivity contribution in [2.75, 3.05) is 6.54 Å². The number of hydrogen-bond acceptors (Lipinski definition) is 3. The molecule has 1 saturated carbocycles. The smallest absolute Gasteiger partial charge is 0.252 e. The van der Waals surface area contributed by atoms with E-state index in [-0.39, 0.29) is 5.91 Å². The summed E-state index contributed by atoms with van der Waals surface area (Å²) in [6, 6.07) is 3.88. The van der Waals surface area contributed by atoms with Gasteiger partial charge in [0.25, 0.3) is 5.91 Å². The van der Waals surface area contributed by atoms with E-state index in [9.17, 15) is 4.79 Å². The lowest BCUT2D eigenvalue weighted by molar-refractivity contribution is 0.0948. The fourth-order valence-corrected chi connectivity index (χ4v) is 4.33. The van der Waals surface area contributed by atoms with E-state index >= 15 is 0 Å². The average Bonchev–Trinajstić information content (AvgIpc) is 3.08. The van der Waals surface area contributed by atoms with Crippen LogP contribution in [0.25, 0.3) is 21.9 Å². The van der Waals surface area contributed by atoms with Crippen molar-refractivity contribution in [2.24, 2.45) is 0 Å². The molecular formula is C19H20N4O. The maximum absolute atomic E-state index is 12.5. The lowest BCUT2D eigenvalue weighted by Gasteiger charge is -2.19. The van der Waals surface area contributed by atoms with Crippen LogP contribution in [-0.4, -0.2) is 27.4 Å². The molecule has 5 heteroatoms. The van der Waals surface area contributed by atoms with Gasteiger partial charge in [0.15, 0.2) is 0 Å². The zero-order valence-electron chi connectivity index (χ0n) is 13.6. The molecule has 1 aromatic carbocycles. The zero-order chi connectivity index (χ0) is 16.1. The highest BCUT2D eigenvalue weighted by atomic mass is 16.1. The highest BCUT2D eigenvalue weighted by Crippen LogP contribution is 2.36. The molecule has 0 atom stereocenters. The zero-order valence-corrected chi connectivity index (χ0v) is 13.6. The van der Waals surface area contributed by atoms with E-state index in [1.165, 1.54) is 32.1 Å². The lowest BCUT2D eigenvalue weighted by Crippen LogP contribution is -2.32. The summed E-state index contributed by atoms with van der Waals surface area (Å²) in [6.45, 7) is 0.685. The molecule has 24 heavy (non-hydrogen) atoms. The SMILES string of the molecule is O=C1NCCc2c1c1cccnc1c1nc(C3CCCCC3)[nH]c21. The molecule has 0 saturated heterocycles. The van der Waals surface area contributed by atoms with Crippen LogP contribution in [0.2, 0.25) is 0 Å². The van der Waals surface area contributed by atoms with Crippen LogP contribution in [0.15, 0.2) is 18.3 Å². The van der Waals surface area contributed by atoms with Crippen molar-refractivity contribution >= 4 is 27.8 Å². The van der Waals surface area contributed by atoms with Crippen LogP contribution in [-0.2, 0) is 6.42 Å². The number of aromatic nitrogens is 3. The molecule has 0 radical (unpaired) electrons. The monoisotopic (exact) mass is 320 g/mol. The second kappa shape index (κ2) is 5.30. The molecule has 1 amide bonds. The fourth-order valence-electron chi connectivity index (χ4n) is 4.33. The Morgan fingerprint density at radius 1 is 1.12 bits per heavy atom. The predicted octanol–water partition coefficient (Wildman–Crippen LogP) is 3.44. The van der Waals surface area contributed by atoms with Gasteiger partial charge < -0.3 is 10.3 Å². The van der Waals surface area contributed by atoms with Crippen molar-refractivity contribution in [2.45, 2.75) is 44.4 Å². The number of H-pyrrole nitrogens is 1. The number of hydrogen-bond donors (Lipinski definition) is 2. The Kier molecular flexibility index (Phi) is 3.08. The number of amides is 1. The van der Waals surface area contributed by atoms with Crippen LogP contribution >= 0.6 is 0 Å². The molecule has 5 nitrogen and oxygen atoms in total. The topological polar surface area (TPSA) is 70.7 Å². The van der Waals surface area contributed by atoms with Crippen molar-refractivity contribution in [1.29, 1.82) is 0 Å². The van der Waals surface area contributed by atoms with Gasteiger partial charge in [0.05, 0.1) is 16.6 Å². The minimum Gasteiger partial charge on any atom is -0.352 e. The van der Waals surface area contributed by atoms with Crippen molar-refractivity contribution in [3.8, 4) is 0 Å². The highest BCUT2D eigenvalue weighted by Gasteiger charge is 2.27. The van der Waals surface area contributed by atoms with Gasteiger partial charge in [-0.2, -0.15) is 0 Å². The molecule has 5 rings (SSSR count). The predicted molar refractivity (Wildman–Crippen MR) is 93.3 cm³/mol. The summed E-state index contributed by atoms with van der Waals surface area (Å²) in [5.41, 5.74) is 4.66. The Morgan fingerprint density at radius 2 is 2.00 bits per heavy atom. The second-order valence-corrected chi connectivity index (χ2v) is 6.94. The molecular weight excluding hydrogens is 300 g/mol. The number of aromatic amines is 1. The first-order valence-corrected chi connectivity index (χ1v) is 8.90. The third kappa shape index (κ3) is 1.97. The minimum atomic E-state index is 0.00460. The van der Waals surface area contributed by atoms with E-state index in [0.717, 1.165) is 45.3 Å². The number of rotatable bonds is 1. The number of carbonyl (C=O) groups is 1. The van der Waals surface area contributed by atoms with Crippen LogP contribution in [0.4, 0.5) is 0 Å². The first kappa shape index (κ1) is 14.0. The second-order valence-electron chi connectivity index (χ2n) is 6.94. The molecule has 0 unspecified atom stereocenters. The van der Waals surface area contributed by atoms with Crippen molar-refractivity contribution in [1.82, 2.24) is 20.3 Å². The number of pyridine rings is 1. The molecule has 1 aliphatic heterocycles. The molecule has 1 aliphatic carbocycles. The first-order valence-electron chi connectivity index (χ1n) is 8.90. The summed E-state index contributed by atoms with van der Waals surface area (Å²) in [6.07, 6.45) is 8.92. The molecule has 122 valence electrons. The van der Waals surface area contributed by atoms with E-state index in [1.54, 1.807) is 6.20 Å². The van der Waals surface area contributed by atoms with Gasteiger partial charge in [-0.1, -0.05) is 25.3 Å². The molecule has 2 N–H and O–H groups in total. The summed E-state index contributed by atoms with van der Waals surface area (Å²) in [5.74, 6) is 1.60. The number of imidazole rings is 1. The van der Waals surface area contributed by atoms with Crippen molar-refractivity contribution in [3.05, 3.63) is 35.3 Å². The summed E-state index contributed by atoms with van der Waals surface area (Å²) in [7, 11) is 0.